The Morgan fingerprint density at radius 1 is 1.35 bits per heavy atom. The molecular formula is C13H16BrF3N2O. The quantitative estimate of drug-likeness (QED) is 0.846. The van der Waals surface area contributed by atoms with Gasteiger partial charge in [-0.1, -0.05) is 0 Å². The average Bonchev–Trinajstić information content (AvgIpc) is 2.28. The van der Waals surface area contributed by atoms with E-state index < -0.39 is 11.7 Å². The van der Waals surface area contributed by atoms with Crippen LogP contribution in [0.3, 0.4) is 0 Å². The Morgan fingerprint density at radius 3 is 2.50 bits per heavy atom. The van der Waals surface area contributed by atoms with E-state index in [-0.39, 0.29) is 18.4 Å². The van der Waals surface area contributed by atoms with Crippen molar-refractivity contribution in [3.05, 3.63) is 28.2 Å². The van der Waals surface area contributed by atoms with Gasteiger partial charge in [-0.2, -0.15) is 13.2 Å². The monoisotopic (exact) mass is 352 g/mol. The highest BCUT2D eigenvalue weighted by atomic mass is 79.9. The van der Waals surface area contributed by atoms with Gasteiger partial charge in [-0.15, -0.1) is 0 Å². The Hall–Kier alpha value is -1.24. The van der Waals surface area contributed by atoms with E-state index in [0.29, 0.717) is 16.7 Å². The van der Waals surface area contributed by atoms with Crippen molar-refractivity contribution in [1.82, 2.24) is 5.32 Å². The number of hydrogen-bond acceptors (Lipinski definition) is 2. The first-order valence-corrected chi connectivity index (χ1v) is 6.89. The van der Waals surface area contributed by atoms with Gasteiger partial charge in [0.1, 0.15) is 0 Å². The van der Waals surface area contributed by atoms with E-state index >= 15 is 0 Å². The number of amides is 1. The van der Waals surface area contributed by atoms with Gasteiger partial charge in [0.05, 0.1) is 5.56 Å². The maximum Gasteiger partial charge on any atom is 0.416 e. The minimum absolute atomic E-state index is 0.0697. The summed E-state index contributed by atoms with van der Waals surface area (Å²) in [5, 5.41) is 5.65. The number of anilines is 1. The molecule has 0 aliphatic carbocycles. The van der Waals surface area contributed by atoms with Crippen molar-refractivity contribution in [2.24, 2.45) is 0 Å². The normalized spacial score (nSPS) is 11.6. The fourth-order valence-corrected chi connectivity index (χ4v) is 2.06. The van der Waals surface area contributed by atoms with Crippen molar-refractivity contribution < 1.29 is 18.0 Å². The van der Waals surface area contributed by atoms with Gasteiger partial charge >= 0.3 is 6.18 Å². The molecule has 7 heteroatoms. The van der Waals surface area contributed by atoms with Crippen LogP contribution in [0.15, 0.2) is 22.7 Å². The molecule has 0 atom stereocenters. The minimum atomic E-state index is -4.36. The maximum absolute atomic E-state index is 12.5. The molecule has 1 amide bonds. The Kier molecular flexibility index (Phi) is 5.86. The highest BCUT2D eigenvalue weighted by molar-refractivity contribution is 9.10. The van der Waals surface area contributed by atoms with E-state index in [0.717, 1.165) is 12.1 Å². The third-order valence-corrected chi connectivity index (χ3v) is 3.07. The van der Waals surface area contributed by atoms with Crippen LogP contribution < -0.4 is 10.6 Å². The second-order valence-electron chi connectivity index (χ2n) is 4.59. The molecule has 0 aliphatic rings. The van der Waals surface area contributed by atoms with Crippen LogP contribution in [-0.4, -0.2) is 18.5 Å². The fraction of sp³-hybridized carbons (Fsp3) is 0.462. The van der Waals surface area contributed by atoms with E-state index in [9.17, 15) is 18.0 Å². The molecule has 0 heterocycles. The van der Waals surface area contributed by atoms with Crippen LogP contribution in [-0.2, 0) is 11.0 Å². The first-order valence-electron chi connectivity index (χ1n) is 6.10. The molecule has 3 nitrogen and oxygen atoms in total. The van der Waals surface area contributed by atoms with Crippen molar-refractivity contribution in [1.29, 1.82) is 0 Å². The number of halogens is 4. The lowest BCUT2D eigenvalue weighted by Gasteiger charge is -2.12. The third kappa shape index (κ3) is 5.40. The van der Waals surface area contributed by atoms with Crippen LogP contribution >= 0.6 is 15.9 Å². The number of hydrogen-bond donors (Lipinski definition) is 2. The van der Waals surface area contributed by atoms with Crippen LogP contribution in [0.25, 0.3) is 0 Å². The van der Waals surface area contributed by atoms with Gasteiger partial charge < -0.3 is 10.6 Å². The zero-order valence-electron chi connectivity index (χ0n) is 11.1. The second-order valence-corrected chi connectivity index (χ2v) is 5.45. The first kappa shape index (κ1) is 16.8. The summed E-state index contributed by atoms with van der Waals surface area (Å²) in [6.07, 6.45) is -4.11. The molecule has 112 valence electrons. The van der Waals surface area contributed by atoms with Gasteiger partial charge in [-0.05, 0) is 48.0 Å². The largest absolute Gasteiger partial charge is 0.416 e. The highest BCUT2D eigenvalue weighted by Gasteiger charge is 2.30. The first-order chi connectivity index (χ1) is 9.20. The lowest BCUT2D eigenvalue weighted by atomic mass is 10.2. The Morgan fingerprint density at radius 2 is 2.00 bits per heavy atom. The van der Waals surface area contributed by atoms with Gasteiger partial charge in [0.15, 0.2) is 0 Å². The SMILES string of the molecule is CC(C)NC(=O)CCNc1ccc(C(F)(F)F)cc1Br. The standard InChI is InChI=1S/C13H16BrF3N2O/c1-8(2)19-12(20)5-6-18-11-4-3-9(7-10(11)14)13(15,16)17/h3-4,7-8,18H,5-6H2,1-2H3,(H,19,20). The third-order valence-electron chi connectivity index (χ3n) is 2.41. The molecule has 0 aromatic heterocycles. The Balaban J connectivity index is 2.55. The predicted molar refractivity (Wildman–Crippen MR) is 75.5 cm³/mol. The molecule has 1 rings (SSSR count). The summed E-state index contributed by atoms with van der Waals surface area (Å²) in [6, 6.07) is 3.42. The summed E-state index contributed by atoms with van der Waals surface area (Å²) >= 11 is 3.08. The summed E-state index contributed by atoms with van der Waals surface area (Å²) in [7, 11) is 0. The number of nitrogens with one attached hydrogen (secondary N) is 2. The highest BCUT2D eigenvalue weighted by Crippen LogP contribution is 2.33. The topological polar surface area (TPSA) is 41.1 Å². The molecule has 0 bridgehead atoms. The Bertz CT molecular complexity index is 475. The van der Waals surface area contributed by atoms with E-state index in [1.165, 1.54) is 6.07 Å². The molecule has 0 saturated heterocycles. The molecule has 1 aromatic rings. The summed E-state index contributed by atoms with van der Waals surface area (Å²) in [6.45, 7) is 4.07. The lowest BCUT2D eigenvalue weighted by molar-refractivity contribution is -0.137. The zero-order valence-corrected chi connectivity index (χ0v) is 12.7. The van der Waals surface area contributed by atoms with Gasteiger partial charge in [-0.3, -0.25) is 4.79 Å². The van der Waals surface area contributed by atoms with Crippen LogP contribution in [0.2, 0.25) is 0 Å². The summed E-state index contributed by atoms with van der Waals surface area (Å²) in [5.74, 6) is -0.101. The van der Waals surface area contributed by atoms with Gasteiger partial charge in [0.2, 0.25) is 5.91 Å². The second kappa shape index (κ2) is 6.97. The molecule has 20 heavy (non-hydrogen) atoms. The molecular weight excluding hydrogens is 337 g/mol. The fourth-order valence-electron chi connectivity index (χ4n) is 1.54. The van der Waals surface area contributed by atoms with Gasteiger partial charge in [0.25, 0.3) is 0 Å². The van der Waals surface area contributed by atoms with E-state index in [1.807, 2.05) is 13.8 Å². The lowest BCUT2D eigenvalue weighted by Crippen LogP contribution is -2.31. The summed E-state index contributed by atoms with van der Waals surface area (Å²) < 4.78 is 37.8. The molecule has 0 aliphatic heterocycles. The molecule has 0 spiro atoms. The number of carbonyl (C=O) groups excluding carboxylic acids is 1. The van der Waals surface area contributed by atoms with Crippen molar-refractivity contribution in [3.63, 3.8) is 0 Å². The van der Waals surface area contributed by atoms with E-state index in [2.05, 4.69) is 26.6 Å². The molecule has 0 fully saturated rings. The van der Waals surface area contributed by atoms with E-state index in [4.69, 9.17) is 0 Å². The number of alkyl halides is 3. The van der Waals surface area contributed by atoms with Crippen molar-refractivity contribution in [3.8, 4) is 0 Å². The molecule has 0 radical (unpaired) electrons. The van der Waals surface area contributed by atoms with Crippen molar-refractivity contribution >= 4 is 27.5 Å². The molecule has 1 aromatic carbocycles. The van der Waals surface area contributed by atoms with Gasteiger partial charge in [-0.25, -0.2) is 0 Å². The predicted octanol–water partition coefficient (Wildman–Crippen LogP) is 3.79. The van der Waals surface area contributed by atoms with Crippen LogP contribution in [0.1, 0.15) is 25.8 Å². The molecule has 2 N–H and O–H groups in total. The number of rotatable bonds is 5. The summed E-state index contributed by atoms with van der Waals surface area (Å²) in [4.78, 5) is 11.4. The average molecular weight is 353 g/mol. The zero-order chi connectivity index (χ0) is 15.3. The van der Waals surface area contributed by atoms with Crippen LogP contribution in [0.4, 0.5) is 18.9 Å². The number of benzene rings is 1. The molecule has 0 saturated carbocycles. The van der Waals surface area contributed by atoms with Crippen molar-refractivity contribution in [2.75, 3.05) is 11.9 Å². The van der Waals surface area contributed by atoms with Crippen LogP contribution in [0.5, 0.6) is 0 Å². The number of carbonyl (C=O) groups is 1. The van der Waals surface area contributed by atoms with Gasteiger partial charge in [0, 0.05) is 29.2 Å². The summed E-state index contributed by atoms with van der Waals surface area (Å²) in [5.41, 5.74) is -0.192. The Labute approximate surface area is 124 Å². The maximum atomic E-state index is 12.5. The van der Waals surface area contributed by atoms with E-state index in [1.54, 1.807) is 0 Å². The van der Waals surface area contributed by atoms with Crippen molar-refractivity contribution in [2.45, 2.75) is 32.5 Å². The minimum Gasteiger partial charge on any atom is -0.384 e. The van der Waals surface area contributed by atoms with Crippen LogP contribution in [0, 0.1) is 0 Å². The molecule has 0 unspecified atom stereocenters. The smallest absolute Gasteiger partial charge is 0.384 e.